The number of ether oxygens (including phenoxy) is 2. The SMILES string of the molecule is CCCCc1nc(O)c(C(=O)N2CCC(c3cccc(F)c3)C2)c(=O)n1-c1c(OC)cccc1OC. The second-order valence-corrected chi connectivity index (χ2v) is 8.77. The van der Waals surface area contributed by atoms with Crippen LogP contribution in [0.4, 0.5) is 4.39 Å². The summed E-state index contributed by atoms with van der Waals surface area (Å²) in [6.07, 6.45) is 2.58. The van der Waals surface area contributed by atoms with E-state index >= 15 is 0 Å². The molecule has 2 aromatic carbocycles. The molecule has 190 valence electrons. The van der Waals surface area contributed by atoms with Gasteiger partial charge in [0.25, 0.3) is 11.5 Å². The van der Waals surface area contributed by atoms with Crippen molar-refractivity contribution in [3.63, 3.8) is 0 Å². The number of nitrogens with zero attached hydrogens (tertiary/aromatic N) is 3. The molecule has 1 aliphatic heterocycles. The maximum absolute atomic E-state index is 13.9. The van der Waals surface area contributed by atoms with Crippen LogP contribution in [0.3, 0.4) is 0 Å². The van der Waals surface area contributed by atoms with Crippen LogP contribution in [0.1, 0.15) is 53.8 Å². The third kappa shape index (κ3) is 4.78. The minimum Gasteiger partial charge on any atom is -0.494 e. The number of hydrogen-bond acceptors (Lipinski definition) is 6. The van der Waals surface area contributed by atoms with Gasteiger partial charge < -0.3 is 19.5 Å². The number of benzene rings is 2. The second kappa shape index (κ2) is 10.8. The third-order valence-electron chi connectivity index (χ3n) is 6.52. The summed E-state index contributed by atoms with van der Waals surface area (Å²) in [5, 5.41) is 10.8. The molecule has 36 heavy (non-hydrogen) atoms. The first-order valence-electron chi connectivity index (χ1n) is 12.0. The van der Waals surface area contributed by atoms with E-state index in [-0.39, 0.29) is 11.7 Å². The lowest BCUT2D eigenvalue weighted by atomic mass is 9.98. The average Bonchev–Trinajstić information content (AvgIpc) is 3.37. The summed E-state index contributed by atoms with van der Waals surface area (Å²) in [5.41, 5.74) is -0.00310. The van der Waals surface area contributed by atoms with E-state index in [2.05, 4.69) is 4.98 Å². The van der Waals surface area contributed by atoms with Crippen LogP contribution >= 0.6 is 0 Å². The van der Waals surface area contributed by atoms with Gasteiger partial charge in [0, 0.05) is 25.4 Å². The Bertz CT molecular complexity index is 1300. The predicted molar refractivity (Wildman–Crippen MR) is 133 cm³/mol. The molecule has 0 radical (unpaired) electrons. The molecule has 0 aliphatic carbocycles. The maximum atomic E-state index is 13.9. The molecule has 1 aromatic heterocycles. The number of hydrogen-bond donors (Lipinski definition) is 1. The molecule has 0 bridgehead atoms. The fourth-order valence-corrected chi connectivity index (χ4v) is 4.66. The Morgan fingerprint density at radius 3 is 2.50 bits per heavy atom. The molecule has 2 heterocycles. The van der Waals surface area contributed by atoms with E-state index in [0.29, 0.717) is 48.9 Å². The molecule has 4 rings (SSSR count). The fraction of sp³-hybridized carbons (Fsp3) is 0.370. The van der Waals surface area contributed by atoms with Crippen molar-refractivity contribution in [2.24, 2.45) is 0 Å². The van der Waals surface area contributed by atoms with Gasteiger partial charge >= 0.3 is 0 Å². The van der Waals surface area contributed by atoms with Gasteiger partial charge in [-0.3, -0.25) is 14.2 Å². The number of rotatable bonds is 8. The van der Waals surface area contributed by atoms with Crippen molar-refractivity contribution in [2.45, 2.75) is 38.5 Å². The third-order valence-corrected chi connectivity index (χ3v) is 6.52. The predicted octanol–water partition coefficient (Wildman–Crippen LogP) is 4.07. The summed E-state index contributed by atoms with van der Waals surface area (Å²) in [4.78, 5) is 33.2. The Morgan fingerprint density at radius 2 is 1.86 bits per heavy atom. The molecule has 3 aromatic rings. The van der Waals surface area contributed by atoms with E-state index in [0.717, 1.165) is 18.4 Å². The number of amides is 1. The Labute approximate surface area is 208 Å². The number of likely N-dealkylation sites (tertiary alicyclic amines) is 1. The zero-order valence-electron chi connectivity index (χ0n) is 20.7. The van der Waals surface area contributed by atoms with Crippen LogP contribution in [-0.2, 0) is 6.42 Å². The number of para-hydroxylation sites is 1. The number of aromatic hydroxyl groups is 1. The molecular formula is C27H30FN3O5. The van der Waals surface area contributed by atoms with Gasteiger partial charge in [-0.25, -0.2) is 4.39 Å². The van der Waals surface area contributed by atoms with Crippen LogP contribution in [0.25, 0.3) is 5.69 Å². The summed E-state index contributed by atoms with van der Waals surface area (Å²) in [6.45, 7) is 2.68. The molecule has 1 N–H and O–H groups in total. The molecule has 1 unspecified atom stereocenters. The van der Waals surface area contributed by atoms with Gasteiger partial charge in [-0.05, 0) is 42.7 Å². The van der Waals surface area contributed by atoms with Crippen molar-refractivity contribution in [1.82, 2.24) is 14.5 Å². The van der Waals surface area contributed by atoms with Crippen LogP contribution < -0.4 is 15.0 Å². The van der Waals surface area contributed by atoms with E-state index in [1.165, 1.54) is 35.8 Å². The van der Waals surface area contributed by atoms with Crippen molar-refractivity contribution in [2.75, 3.05) is 27.3 Å². The minimum atomic E-state index is -0.699. The Balaban J connectivity index is 1.79. The van der Waals surface area contributed by atoms with Crippen molar-refractivity contribution in [1.29, 1.82) is 0 Å². The van der Waals surface area contributed by atoms with E-state index in [9.17, 15) is 19.1 Å². The normalized spacial score (nSPS) is 15.2. The Hall–Kier alpha value is -3.88. The largest absolute Gasteiger partial charge is 0.494 e. The minimum absolute atomic E-state index is 0.0693. The van der Waals surface area contributed by atoms with Gasteiger partial charge in [-0.15, -0.1) is 0 Å². The smallest absolute Gasteiger partial charge is 0.275 e. The number of methoxy groups -OCH3 is 2. The van der Waals surface area contributed by atoms with Crippen LogP contribution in [0.5, 0.6) is 17.4 Å². The highest BCUT2D eigenvalue weighted by Gasteiger charge is 2.33. The topological polar surface area (TPSA) is 93.9 Å². The molecule has 8 nitrogen and oxygen atoms in total. The average molecular weight is 496 g/mol. The van der Waals surface area contributed by atoms with E-state index in [1.807, 2.05) is 13.0 Å². The number of carbonyl (C=O) groups excluding carboxylic acids is 1. The van der Waals surface area contributed by atoms with Crippen molar-refractivity contribution >= 4 is 5.91 Å². The van der Waals surface area contributed by atoms with E-state index in [4.69, 9.17) is 9.47 Å². The van der Waals surface area contributed by atoms with Crippen LogP contribution in [0.15, 0.2) is 47.3 Å². The number of unbranched alkanes of at least 4 members (excludes halogenated alkanes) is 1. The van der Waals surface area contributed by atoms with Crippen LogP contribution in [-0.4, -0.2) is 52.8 Å². The molecule has 1 saturated heterocycles. The van der Waals surface area contributed by atoms with Gasteiger partial charge in [-0.2, -0.15) is 4.98 Å². The van der Waals surface area contributed by atoms with Crippen LogP contribution in [0, 0.1) is 5.82 Å². The lowest BCUT2D eigenvalue weighted by Gasteiger charge is -2.21. The Morgan fingerprint density at radius 1 is 1.17 bits per heavy atom. The summed E-state index contributed by atoms with van der Waals surface area (Å²) in [5.74, 6) is -0.586. The molecule has 1 aliphatic rings. The molecule has 1 fully saturated rings. The zero-order valence-corrected chi connectivity index (χ0v) is 20.7. The van der Waals surface area contributed by atoms with Gasteiger partial charge in [0.1, 0.15) is 28.8 Å². The van der Waals surface area contributed by atoms with Crippen molar-refractivity contribution in [3.8, 4) is 23.1 Å². The molecule has 1 atom stereocenters. The first kappa shape index (κ1) is 25.2. The van der Waals surface area contributed by atoms with Crippen molar-refractivity contribution < 1.29 is 23.8 Å². The molecule has 0 saturated carbocycles. The zero-order chi connectivity index (χ0) is 25.8. The standard InChI is InChI=1S/C27H30FN3O5/c1-4-5-12-22-29-25(32)23(27(34)31(22)24-20(35-2)10-7-11-21(24)36-3)26(33)30-14-13-18(16-30)17-8-6-9-19(28)15-17/h6-11,15,18,32H,4-5,12-14,16H2,1-3H3. The quantitative estimate of drug-likeness (QED) is 0.507. The van der Waals surface area contributed by atoms with E-state index < -0.39 is 22.9 Å². The van der Waals surface area contributed by atoms with Gasteiger partial charge in [0.2, 0.25) is 5.88 Å². The summed E-state index contributed by atoms with van der Waals surface area (Å²) in [7, 11) is 2.96. The van der Waals surface area contributed by atoms with Gasteiger partial charge in [0.05, 0.1) is 14.2 Å². The summed E-state index contributed by atoms with van der Waals surface area (Å²) >= 11 is 0. The highest BCUT2D eigenvalue weighted by molar-refractivity contribution is 5.96. The molecule has 1 amide bonds. The number of aryl methyl sites for hydroxylation is 1. The van der Waals surface area contributed by atoms with E-state index in [1.54, 1.807) is 24.3 Å². The lowest BCUT2D eigenvalue weighted by Crippen LogP contribution is -2.37. The van der Waals surface area contributed by atoms with Gasteiger partial charge in [-0.1, -0.05) is 31.5 Å². The van der Waals surface area contributed by atoms with Crippen molar-refractivity contribution in [3.05, 3.63) is 75.6 Å². The molecule has 9 heteroatoms. The number of halogens is 1. The first-order chi connectivity index (χ1) is 17.4. The maximum Gasteiger partial charge on any atom is 0.275 e. The summed E-state index contributed by atoms with van der Waals surface area (Å²) in [6, 6.07) is 11.4. The fourth-order valence-electron chi connectivity index (χ4n) is 4.66. The Kier molecular flexibility index (Phi) is 7.57. The second-order valence-electron chi connectivity index (χ2n) is 8.77. The highest BCUT2D eigenvalue weighted by Crippen LogP contribution is 2.34. The highest BCUT2D eigenvalue weighted by atomic mass is 19.1. The lowest BCUT2D eigenvalue weighted by molar-refractivity contribution is 0.0784. The monoisotopic (exact) mass is 495 g/mol. The number of carbonyl (C=O) groups is 1. The number of aromatic nitrogens is 2. The molecular weight excluding hydrogens is 465 g/mol. The van der Waals surface area contributed by atoms with Crippen LogP contribution in [0.2, 0.25) is 0 Å². The first-order valence-corrected chi connectivity index (χ1v) is 12.0. The summed E-state index contributed by atoms with van der Waals surface area (Å²) < 4.78 is 26.0. The molecule has 0 spiro atoms. The van der Waals surface area contributed by atoms with Gasteiger partial charge in [0.15, 0.2) is 5.56 Å².